The molecule has 0 fully saturated rings. The van der Waals surface area contributed by atoms with Crippen LogP contribution in [-0.4, -0.2) is 37.0 Å². The minimum Gasteiger partial charge on any atom is -0.493 e. The Morgan fingerprint density at radius 3 is 2.50 bits per heavy atom. The Balaban J connectivity index is 2.46. The molecule has 1 heterocycles. The molecule has 1 aromatic rings. The lowest BCUT2D eigenvalue weighted by atomic mass is 9.93. The molecule has 1 aliphatic rings. The SMILES string of the molecule is CCCCCN1C(=O)C(C#N)=C(C)/C(=C\c2ccc(OCC)c(OC)c2)C1=O. The van der Waals surface area contributed by atoms with Crippen LogP contribution in [0.4, 0.5) is 0 Å². The Bertz CT molecular complexity index is 862. The highest BCUT2D eigenvalue weighted by molar-refractivity contribution is 6.19. The summed E-state index contributed by atoms with van der Waals surface area (Å²) in [5.74, 6) is 0.286. The van der Waals surface area contributed by atoms with Crippen LogP contribution < -0.4 is 9.47 Å². The Morgan fingerprint density at radius 2 is 1.89 bits per heavy atom. The van der Waals surface area contributed by atoms with Gasteiger partial charge in [0.15, 0.2) is 11.5 Å². The van der Waals surface area contributed by atoms with Crippen molar-refractivity contribution in [3.05, 3.63) is 40.5 Å². The van der Waals surface area contributed by atoms with Crippen molar-refractivity contribution in [2.75, 3.05) is 20.3 Å². The maximum Gasteiger partial charge on any atom is 0.271 e. The molecule has 0 radical (unpaired) electrons. The first kappa shape index (κ1) is 21.2. The fourth-order valence-electron chi connectivity index (χ4n) is 3.07. The summed E-state index contributed by atoms with van der Waals surface area (Å²) in [7, 11) is 1.55. The number of carbonyl (C=O) groups excluding carboxylic acids is 2. The Labute approximate surface area is 166 Å². The monoisotopic (exact) mass is 382 g/mol. The van der Waals surface area contributed by atoms with Gasteiger partial charge in [-0.1, -0.05) is 25.8 Å². The van der Waals surface area contributed by atoms with Crippen molar-refractivity contribution >= 4 is 17.9 Å². The number of ether oxygens (including phenoxy) is 2. The van der Waals surface area contributed by atoms with Gasteiger partial charge >= 0.3 is 0 Å². The van der Waals surface area contributed by atoms with E-state index in [1.807, 2.05) is 19.1 Å². The average molecular weight is 382 g/mol. The number of amides is 2. The van der Waals surface area contributed by atoms with Gasteiger partial charge in [0.05, 0.1) is 13.7 Å². The first-order valence-corrected chi connectivity index (χ1v) is 9.48. The molecule has 1 aliphatic heterocycles. The highest BCUT2D eigenvalue weighted by Gasteiger charge is 2.34. The molecule has 0 aromatic heterocycles. The molecule has 0 spiro atoms. The van der Waals surface area contributed by atoms with Gasteiger partial charge in [0.25, 0.3) is 11.8 Å². The minimum absolute atomic E-state index is 0.0141. The maximum atomic E-state index is 13.0. The van der Waals surface area contributed by atoms with E-state index in [0.29, 0.717) is 35.8 Å². The van der Waals surface area contributed by atoms with Crippen molar-refractivity contribution in [2.24, 2.45) is 0 Å². The van der Waals surface area contributed by atoms with Crippen molar-refractivity contribution in [1.82, 2.24) is 4.90 Å². The van der Waals surface area contributed by atoms with Gasteiger partial charge in [0, 0.05) is 12.1 Å². The predicted molar refractivity (Wildman–Crippen MR) is 107 cm³/mol. The smallest absolute Gasteiger partial charge is 0.271 e. The van der Waals surface area contributed by atoms with E-state index in [2.05, 4.69) is 6.92 Å². The number of carbonyl (C=O) groups is 2. The van der Waals surface area contributed by atoms with E-state index in [0.717, 1.165) is 24.8 Å². The van der Waals surface area contributed by atoms with Crippen LogP contribution in [0.25, 0.3) is 6.08 Å². The molecule has 6 nitrogen and oxygen atoms in total. The van der Waals surface area contributed by atoms with Gasteiger partial charge in [-0.05, 0) is 49.6 Å². The van der Waals surface area contributed by atoms with Crippen molar-refractivity contribution in [2.45, 2.75) is 40.0 Å². The highest BCUT2D eigenvalue weighted by Crippen LogP contribution is 2.31. The zero-order valence-corrected chi connectivity index (χ0v) is 16.9. The van der Waals surface area contributed by atoms with Gasteiger partial charge in [-0.15, -0.1) is 0 Å². The van der Waals surface area contributed by atoms with Gasteiger partial charge < -0.3 is 9.47 Å². The van der Waals surface area contributed by atoms with Crippen LogP contribution in [0.5, 0.6) is 11.5 Å². The summed E-state index contributed by atoms with van der Waals surface area (Å²) in [6.07, 6.45) is 4.30. The maximum absolute atomic E-state index is 13.0. The van der Waals surface area contributed by atoms with E-state index in [4.69, 9.17) is 9.47 Å². The van der Waals surface area contributed by atoms with Crippen LogP contribution in [0.1, 0.15) is 45.6 Å². The molecule has 0 bridgehead atoms. The molecular weight excluding hydrogens is 356 g/mol. The Morgan fingerprint density at radius 1 is 1.14 bits per heavy atom. The summed E-state index contributed by atoms with van der Waals surface area (Å²) in [6, 6.07) is 7.31. The molecule has 0 N–H and O–H groups in total. The van der Waals surface area contributed by atoms with Crippen molar-refractivity contribution in [1.29, 1.82) is 5.26 Å². The first-order valence-electron chi connectivity index (χ1n) is 9.48. The van der Waals surface area contributed by atoms with Crippen LogP contribution in [-0.2, 0) is 9.59 Å². The number of hydrogen-bond donors (Lipinski definition) is 0. The van der Waals surface area contributed by atoms with E-state index in [1.54, 1.807) is 32.2 Å². The van der Waals surface area contributed by atoms with E-state index in [1.165, 1.54) is 4.90 Å². The van der Waals surface area contributed by atoms with Gasteiger partial charge in [0.2, 0.25) is 0 Å². The van der Waals surface area contributed by atoms with E-state index in [9.17, 15) is 14.9 Å². The number of unbranched alkanes of at least 4 members (excludes halogenated alkanes) is 2. The number of nitrogens with zero attached hydrogens (tertiary/aromatic N) is 2. The van der Waals surface area contributed by atoms with Crippen LogP contribution in [0, 0.1) is 11.3 Å². The molecule has 0 aliphatic carbocycles. The quantitative estimate of drug-likeness (QED) is 0.387. The average Bonchev–Trinajstić information content (AvgIpc) is 2.69. The molecule has 28 heavy (non-hydrogen) atoms. The molecular formula is C22H26N2O4. The zero-order chi connectivity index (χ0) is 20.7. The van der Waals surface area contributed by atoms with Crippen LogP contribution in [0.15, 0.2) is 34.9 Å². The van der Waals surface area contributed by atoms with Crippen molar-refractivity contribution in [3.63, 3.8) is 0 Å². The molecule has 0 atom stereocenters. The molecule has 148 valence electrons. The second-order valence-corrected chi connectivity index (χ2v) is 6.48. The van der Waals surface area contributed by atoms with Crippen molar-refractivity contribution in [3.8, 4) is 17.6 Å². The van der Waals surface area contributed by atoms with E-state index < -0.39 is 5.91 Å². The third-order valence-electron chi connectivity index (χ3n) is 4.61. The number of benzene rings is 1. The standard InChI is InChI=1S/C22H26N2O4/c1-5-7-8-11-24-21(25)17(15(3)18(14-23)22(24)26)12-16-9-10-19(28-6-2)20(13-16)27-4/h9-10,12-13H,5-8,11H2,1-4H3/b17-12+. The fraction of sp³-hybridized carbons (Fsp3) is 0.409. The third-order valence-corrected chi connectivity index (χ3v) is 4.61. The number of methoxy groups -OCH3 is 1. The second kappa shape index (κ2) is 9.75. The molecule has 6 heteroatoms. The number of imide groups is 1. The van der Waals surface area contributed by atoms with Crippen LogP contribution >= 0.6 is 0 Å². The summed E-state index contributed by atoms with van der Waals surface area (Å²) in [5.41, 5.74) is 1.49. The molecule has 0 saturated carbocycles. The number of hydrogen-bond acceptors (Lipinski definition) is 5. The third kappa shape index (κ3) is 4.42. The Hall–Kier alpha value is -3.07. The summed E-state index contributed by atoms with van der Waals surface area (Å²) >= 11 is 0. The van der Waals surface area contributed by atoms with Gasteiger partial charge in [-0.2, -0.15) is 5.26 Å². The lowest BCUT2D eigenvalue weighted by Gasteiger charge is -2.27. The normalized spacial score (nSPS) is 15.8. The highest BCUT2D eigenvalue weighted by atomic mass is 16.5. The lowest BCUT2D eigenvalue weighted by Crippen LogP contribution is -2.43. The number of rotatable bonds is 8. The molecule has 2 amide bonds. The lowest BCUT2D eigenvalue weighted by molar-refractivity contribution is -0.140. The van der Waals surface area contributed by atoms with Gasteiger partial charge in [0.1, 0.15) is 11.6 Å². The molecule has 1 aromatic carbocycles. The molecule has 0 unspecified atom stereocenters. The van der Waals surface area contributed by atoms with E-state index in [-0.39, 0.29) is 11.5 Å². The number of nitriles is 1. The second-order valence-electron chi connectivity index (χ2n) is 6.48. The predicted octanol–water partition coefficient (Wildman–Crippen LogP) is 3.88. The summed E-state index contributed by atoms with van der Waals surface area (Å²) in [6.45, 7) is 6.40. The fourth-order valence-corrected chi connectivity index (χ4v) is 3.07. The zero-order valence-electron chi connectivity index (χ0n) is 16.9. The Kier molecular flexibility index (Phi) is 7.39. The van der Waals surface area contributed by atoms with Crippen LogP contribution in [0.3, 0.4) is 0 Å². The molecule has 0 saturated heterocycles. The van der Waals surface area contributed by atoms with Gasteiger partial charge in [-0.3, -0.25) is 14.5 Å². The largest absolute Gasteiger partial charge is 0.493 e. The topological polar surface area (TPSA) is 79.6 Å². The van der Waals surface area contributed by atoms with Crippen LogP contribution in [0.2, 0.25) is 0 Å². The molecule has 2 rings (SSSR count). The van der Waals surface area contributed by atoms with E-state index >= 15 is 0 Å². The summed E-state index contributed by atoms with van der Waals surface area (Å²) < 4.78 is 10.9. The van der Waals surface area contributed by atoms with Gasteiger partial charge in [-0.25, -0.2) is 0 Å². The first-order chi connectivity index (χ1) is 13.5. The minimum atomic E-state index is -0.512. The van der Waals surface area contributed by atoms with Crippen molar-refractivity contribution < 1.29 is 19.1 Å². The summed E-state index contributed by atoms with van der Waals surface area (Å²) in [4.78, 5) is 26.7. The summed E-state index contributed by atoms with van der Waals surface area (Å²) in [5, 5.41) is 9.44.